The number of amides is 2. The Morgan fingerprint density at radius 3 is 2.49 bits per heavy atom. The van der Waals surface area contributed by atoms with Crippen LogP contribution in [0.25, 0.3) is 6.08 Å². The van der Waals surface area contributed by atoms with Gasteiger partial charge in [-0.15, -0.1) is 0 Å². The van der Waals surface area contributed by atoms with E-state index in [9.17, 15) is 26.7 Å². The van der Waals surface area contributed by atoms with Crippen molar-refractivity contribution in [1.29, 1.82) is 0 Å². The molecule has 0 bridgehead atoms. The van der Waals surface area contributed by atoms with Crippen molar-refractivity contribution in [2.45, 2.75) is 31.0 Å². The van der Waals surface area contributed by atoms with E-state index in [0.29, 0.717) is 37.1 Å². The number of halogens is 5. The van der Waals surface area contributed by atoms with Crippen molar-refractivity contribution in [3.63, 3.8) is 0 Å². The number of hydrogen-bond donors (Lipinski definition) is 1. The fraction of sp³-hybridized carbons (Fsp3) is 0.310. The fourth-order valence-corrected chi connectivity index (χ4v) is 5.39. The largest absolute Gasteiger partial charge is 0.416 e. The molecule has 0 unspecified atom stereocenters. The molecular formula is C29H27F5N4O. The summed E-state index contributed by atoms with van der Waals surface area (Å²) in [6, 6.07) is 11.8. The van der Waals surface area contributed by atoms with Crippen LogP contribution in [-0.4, -0.2) is 42.1 Å². The van der Waals surface area contributed by atoms with Gasteiger partial charge >= 0.3 is 12.2 Å². The monoisotopic (exact) mass is 542 g/mol. The molecule has 10 heteroatoms. The van der Waals surface area contributed by atoms with Gasteiger partial charge in [-0.05, 0) is 79.0 Å². The number of rotatable bonds is 5. The zero-order valence-corrected chi connectivity index (χ0v) is 21.0. The smallest absolute Gasteiger partial charge is 0.317 e. The van der Waals surface area contributed by atoms with Crippen LogP contribution in [0.5, 0.6) is 0 Å². The van der Waals surface area contributed by atoms with Crippen LogP contribution >= 0.6 is 0 Å². The van der Waals surface area contributed by atoms with E-state index in [-0.39, 0.29) is 31.1 Å². The minimum atomic E-state index is -4.56. The number of fused-ring (bicyclic) bond motifs is 2. The maximum absolute atomic E-state index is 14.0. The third kappa shape index (κ3) is 5.80. The van der Waals surface area contributed by atoms with Gasteiger partial charge in [-0.25, -0.2) is 14.2 Å². The van der Waals surface area contributed by atoms with E-state index in [1.54, 1.807) is 30.4 Å². The summed E-state index contributed by atoms with van der Waals surface area (Å²) < 4.78 is 68.1. The molecule has 1 fully saturated rings. The van der Waals surface area contributed by atoms with Crippen LogP contribution in [0.2, 0.25) is 0 Å². The van der Waals surface area contributed by atoms with Gasteiger partial charge in [-0.2, -0.15) is 17.6 Å². The molecule has 1 N–H and O–H groups in total. The van der Waals surface area contributed by atoms with Gasteiger partial charge in [0.1, 0.15) is 5.82 Å². The third-order valence-electron chi connectivity index (χ3n) is 7.38. The minimum Gasteiger partial charge on any atom is -0.317 e. The van der Waals surface area contributed by atoms with Crippen molar-refractivity contribution >= 4 is 17.8 Å². The highest BCUT2D eigenvalue weighted by atomic mass is 19.4. The molecule has 0 aliphatic carbocycles. The molecule has 0 saturated carbocycles. The Morgan fingerprint density at radius 1 is 1.05 bits per heavy atom. The number of carbonyl (C=O) groups excluding carboxylic acids is 1. The Bertz CT molecular complexity index is 1370. The summed E-state index contributed by atoms with van der Waals surface area (Å²) in [5.41, 5.74) is 0.940. The molecule has 0 atom stereocenters. The van der Waals surface area contributed by atoms with Crippen LogP contribution in [0, 0.1) is 11.8 Å². The number of nitrogens with zero attached hydrogens (tertiary/aromatic N) is 3. The summed E-state index contributed by atoms with van der Waals surface area (Å²) >= 11 is 0. The van der Waals surface area contributed by atoms with E-state index in [2.05, 4.69) is 10.3 Å². The summed E-state index contributed by atoms with van der Waals surface area (Å²) in [5.74, 6) is -1.07. The van der Waals surface area contributed by atoms with Gasteiger partial charge in [0.25, 0.3) is 0 Å². The second-order valence-electron chi connectivity index (χ2n) is 9.95. The molecule has 2 aliphatic rings. The molecule has 1 saturated heterocycles. The predicted octanol–water partition coefficient (Wildman–Crippen LogP) is 6.16. The molecule has 5 rings (SSSR count). The SMILES string of the molecule is O=C(N(CC=Cc1ccc(F)cc1)Cc1ccnc(F)c1)N1CC2(CCNCC2)c2ccc(C(F)(F)F)cc21. The second-order valence-corrected chi connectivity index (χ2v) is 9.95. The van der Waals surface area contributed by atoms with Gasteiger partial charge in [0.05, 0.1) is 5.56 Å². The number of pyridine rings is 1. The number of alkyl halides is 3. The lowest BCUT2D eigenvalue weighted by atomic mass is 9.74. The number of hydrogen-bond acceptors (Lipinski definition) is 3. The highest BCUT2D eigenvalue weighted by molar-refractivity contribution is 5.95. The number of anilines is 1. The highest BCUT2D eigenvalue weighted by Crippen LogP contribution is 2.48. The molecule has 39 heavy (non-hydrogen) atoms. The van der Waals surface area contributed by atoms with Crippen LogP contribution in [0.4, 0.5) is 32.4 Å². The van der Waals surface area contributed by atoms with E-state index in [4.69, 9.17) is 0 Å². The number of carbonyl (C=O) groups is 1. The van der Waals surface area contributed by atoms with Crippen LogP contribution in [0.15, 0.2) is 66.9 Å². The molecule has 204 valence electrons. The average Bonchev–Trinajstić information content (AvgIpc) is 3.21. The lowest BCUT2D eigenvalue weighted by molar-refractivity contribution is -0.137. The van der Waals surface area contributed by atoms with Crippen molar-refractivity contribution in [1.82, 2.24) is 15.2 Å². The topological polar surface area (TPSA) is 48.5 Å². The molecule has 3 aromatic rings. The van der Waals surface area contributed by atoms with Gasteiger partial charge in [-0.3, -0.25) is 4.90 Å². The Kier molecular flexibility index (Phi) is 7.40. The van der Waals surface area contributed by atoms with Crippen LogP contribution in [0.1, 0.15) is 35.1 Å². The van der Waals surface area contributed by atoms with E-state index < -0.39 is 29.1 Å². The Balaban J connectivity index is 1.49. The van der Waals surface area contributed by atoms with Crippen molar-refractivity contribution in [2.24, 2.45) is 0 Å². The fourth-order valence-electron chi connectivity index (χ4n) is 5.39. The molecule has 5 nitrogen and oxygen atoms in total. The Morgan fingerprint density at radius 2 is 1.79 bits per heavy atom. The summed E-state index contributed by atoms with van der Waals surface area (Å²) in [5, 5.41) is 3.29. The molecule has 1 aromatic heterocycles. The summed E-state index contributed by atoms with van der Waals surface area (Å²) in [6.07, 6.45) is 1.56. The number of nitrogens with one attached hydrogen (secondary N) is 1. The van der Waals surface area contributed by atoms with Gasteiger partial charge in [0, 0.05) is 36.9 Å². The molecule has 2 aliphatic heterocycles. The zero-order valence-electron chi connectivity index (χ0n) is 21.0. The van der Waals surface area contributed by atoms with Crippen LogP contribution < -0.4 is 10.2 Å². The molecule has 2 aromatic carbocycles. The summed E-state index contributed by atoms with van der Waals surface area (Å²) in [6.45, 7) is 1.77. The van der Waals surface area contributed by atoms with Crippen molar-refractivity contribution in [3.05, 3.63) is 101 Å². The van der Waals surface area contributed by atoms with E-state index in [1.807, 2.05) is 0 Å². The van der Waals surface area contributed by atoms with Gasteiger partial charge < -0.3 is 10.2 Å². The molecule has 0 radical (unpaired) electrons. The molecule has 3 heterocycles. The van der Waals surface area contributed by atoms with Crippen molar-refractivity contribution in [2.75, 3.05) is 31.1 Å². The second kappa shape index (κ2) is 10.8. The van der Waals surface area contributed by atoms with Crippen molar-refractivity contribution < 1.29 is 26.7 Å². The van der Waals surface area contributed by atoms with Crippen LogP contribution in [-0.2, 0) is 18.1 Å². The lowest BCUT2D eigenvalue weighted by Gasteiger charge is -2.35. The minimum absolute atomic E-state index is 0.0192. The number of aromatic nitrogens is 1. The first-order valence-corrected chi connectivity index (χ1v) is 12.7. The predicted molar refractivity (Wildman–Crippen MR) is 138 cm³/mol. The summed E-state index contributed by atoms with van der Waals surface area (Å²) in [7, 11) is 0. The third-order valence-corrected chi connectivity index (χ3v) is 7.38. The maximum atomic E-state index is 14.0. The number of urea groups is 1. The van der Waals surface area contributed by atoms with E-state index in [0.717, 1.165) is 17.7 Å². The quantitative estimate of drug-likeness (QED) is 0.311. The molecule has 1 spiro atoms. The lowest BCUT2D eigenvalue weighted by Crippen LogP contribution is -2.47. The zero-order chi connectivity index (χ0) is 27.6. The van der Waals surface area contributed by atoms with Crippen molar-refractivity contribution in [3.8, 4) is 0 Å². The molecule has 2 amide bonds. The summed E-state index contributed by atoms with van der Waals surface area (Å²) in [4.78, 5) is 20.5. The maximum Gasteiger partial charge on any atom is 0.416 e. The Labute approximate surface area is 223 Å². The van der Waals surface area contributed by atoms with Gasteiger partial charge in [-0.1, -0.05) is 30.4 Å². The molecular weight excluding hydrogens is 515 g/mol. The van der Waals surface area contributed by atoms with E-state index >= 15 is 0 Å². The van der Waals surface area contributed by atoms with E-state index in [1.165, 1.54) is 40.3 Å². The standard InChI is InChI=1S/C29H27F5N4O/c30-23-6-3-20(4-7-23)2-1-15-37(18-21-9-12-36-26(31)16-21)27(39)38-19-28(10-13-35-14-11-28)24-8-5-22(17-25(24)38)29(32,33)34/h1-9,12,16-17,35H,10-11,13-15,18-19H2. The first-order valence-electron chi connectivity index (χ1n) is 12.7. The number of benzene rings is 2. The normalized spacial score (nSPS) is 16.6. The van der Waals surface area contributed by atoms with Gasteiger partial charge in [0.2, 0.25) is 5.95 Å². The average molecular weight is 543 g/mol. The van der Waals surface area contributed by atoms with Crippen LogP contribution in [0.3, 0.4) is 0 Å². The number of piperidine rings is 1. The first-order chi connectivity index (χ1) is 18.6. The first kappa shape index (κ1) is 26.8. The van der Waals surface area contributed by atoms with Gasteiger partial charge in [0.15, 0.2) is 0 Å². The Hall–Kier alpha value is -3.79. The highest BCUT2D eigenvalue weighted by Gasteiger charge is 2.47.